The maximum Gasteiger partial charge on any atom is 0.270 e. The summed E-state index contributed by atoms with van der Waals surface area (Å²) in [5.41, 5.74) is -1.17. The Kier molecular flexibility index (Phi) is 2.56. The molecule has 0 bridgehead atoms. The van der Waals surface area contributed by atoms with Crippen molar-refractivity contribution in [2.45, 2.75) is 25.0 Å². The van der Waals surface area contributed by atoms with Crippen LogP contribution < -0.4 is 5.32 Å². The molecule has 2 aliphatic rings. The van der Waals surface area contributed by atoms with Gasteiger partial charge in [-0.25, -0.2) is 17.2 Å². The molecule has 2 fully saturated rings. The number of nitrogens with zero attached hydrogens (tertiary/aromatic N) is 1. The van der Waals surface area contributed by atoms with E-state index in [0.29, 0.717) is 0 Å². The van der Waals surface area contributed by atoms with E-state index in [9.17, 15) is 17.2 Å². The van der Waals surface area contributed by atoms with Gasteiger partial charge in [0.25, 0.3) is 5.92 Å². The number of rotatable bonds is 2. The van der Waals surface area contributed by atoms with Gasteiger partial charge in [0.1, 0.15) is 0 Å². The van der Waals surface area contributed by atoms with E-state index in [2.05, 4.69) is 5.32 Å². The molecule has 1 N–H and O–H groups in total. The minimum atomic E-state index is -3.57. The fourth-order valence-corrected chi connectivity index (χ4v) is 3.54. The van der Waals surface area contributed by atoms with E-state index in [0.717, 1.165) is 4.31 Å². The van der Waals surface area contributed by atoms with Crippen molar-refractivity contribution in [2.75, 3.05) is 26.2 Å². The summed E-state index contributed by atoms with van der Waals surface area (Å²) in [5.74, 6) is -2.92. The molecule has 2 rings (SSSR count). The van der Waals surface area contributed by atoms with Crippen LogP contribution >= 0.6 is 0 Å². The van der Waals surface area contributed by atoms with Crippen molar-refractivity contribution in [1.29, 1.82) is 0 Å². The van der Waals surface area contributed by atoms with E-state index < -0.39 is 33.2 Å². The Labute approximate surface area is 94.0 Å². The van der Waals surface area contributed by atoms with Crippen LogP contribution in [0.4, 0.5) is 8.78 Å². The number of nitrogens with one attached hydrogen (secondary N) is 1. The van der Waals surface area contributed by atoms with Crippen molar-refractivity contribution in [3.63, 3.8) is 0 Å². The van der Waals surface area contributed by atoms with Crippen LogP contribution in [0.25, 0.3) is 0 Å². The molecule has 0 aromatic heterocycles. The van der Waals surface area contributed by atoms with Crippen molar-refractivity contribution in [3.05, 3.63) is 0 Å². The Morgan fingerprint density at radius 3 is 2.12 bits per heavy atom. The smallest absolute Gasteiger partial charge is 0.270 e. The average Bonchev–Trinajstić information content (AvgIpc) is 2.36. The lowest BCUT2D eigenvalue weighted by molar-refractivity contribution is -0.107. The molecule has 0 amide bonds. The molecule has 1 spiro atoms. The molecule has 16 heavy (non-hydrogen) atoms. The lowest BCUT2D eigenvalue weighted by Crippen LogP contribution is -2.62. The molecule has 94 valence electrons. The molecule has 0 aromatic rings. The van der Waals surface area contributed by atoms with Crippen LogP contribution in [0.5, 0.6) is 0 Å². The summed E-state index contributed by atoms with van der Waals surface area (Å²) in [5, 5.41) is 2.15. The minimum absolute atomic E-state index is 0.0620. The zero-order valence-corrected chi connectivity index (χ0v) is 10.2. The van der Waals surface area contributed by atoms with Gasteiger partial charge in [-0.1, -0.05) is 0 Å². The molecule has 4 nitrogen and oxygen atoms in total. The molecule has 0 atom stereocenters. The van der Waals surface area contributed by atoms with Gasteiger partial charge in [-0.3, -0.25) is 0 Å². The van der Waals surface area contributed by atoms with Crippen molar-refractivity contribution in [3.8, 4) is 0 Å². The summed E-state index contributed by atoms with van der Waals surface area (Å²) in [6.07, 6.45) is 0. The third kappa shape index (κ3) is 1.48. The van der Waals surface area contributed by atoms with Gasteiger partial charge in [0, 0.05) is 19.6 Å². The number of halogens is 2. The second-order valence-corrected chi connectivity index (χ2v) is 7.44. The number of alkyl halides is 2. The molecule has 0 unspecified atom stereocenters. The van der Waals surface area contributed by atoms with E-state index in [-0.39, 0.29) is 19.6 Å². The van der Waals surface area contributed by atoms with E-state index in [1.54, 1.807) is 0 Å². The van der Waals surface area contributed by atoms with Crippen LogP contribution in [0, 0.1) is 5.41 Å². The number of sulfonamides is 1. The summed E-state index contributed by atoms with van der Waals surface area (Å²) >= 11 is 0. The fourth-order valence-electron chi connectivity index (χ4n) is 2.17. The molecule has 0 radical (unpaired) electrons. The highest BCUT2D eigenvalue weighted by molar-refractivity contribution is 7.89. The molecule has 2 saturated heterocycles. The standard InChI is InChI=1S/C9H16F2N2O2S/c1-7(2)16(14,15)13-5-8(3-12-4-8)9(10,11)6-13/h7,12H,3-6H2,1-2H3. The van der Waals surface area contributed by atoms with Crippen molar-refractivity contribution >= 4 is 10.0 Å². The highest BCUT2D eigenvalue weighted by Crippen LogP contribution is 2.47. The summed E-state index contributed by atoms with van der Waals surface area (Å²) in [4.78, 5) is 0. The van der Waals surface area contributed by atoms with E-state index in [1.165, 1.54) is 13.8 Å². The first-order valence-electron chi connectivity index (χ1n) is 5.29. The first-order valence-corrected chi connectivity index (χ1v) is 6.79. The SMILES string of the molecule is CC(C)S(=O)(=O)N1CC(F)(F)C2(CNC2)C1. The Bertz CT molecular complexity index is 390. The molecule has 2 aliphatic heterocycles. The van der Waals surface area contributed by atoms with E-state index in [1.807, 2.05) is 0 Å². The maximum atomic E-state index is 13.7. The van der Waals surface area contributed by atoms with Crippen LogP contribution in [0.2, 0.25) is 0 Å². The Balaban J connectivity index is 2.25. The van der Waals surface area contributed by atoms with Crippen molar-refractivity contribution in [1.82, 2.24) is 9.62 Å². The summed E-state index contributed by atoms with van der Waals surface area (Å²) in [7, 11) is -3.57. The molecule has 0 aromatic carbocycles. The number of hydrogen-bond acceptors (Lipinski definition) is 3. The second kappa shape index (κ2) is 3.36. The Morgan fingerprint density at radius 2 is 1.81 bits per heavy atom. The quantitative estimate of drug-likeness (QED) is 0.769. The zero-order valence-electron chi connectivity index (χ0n) is 9.33. The lowest BCUT2D eigenvalue weighted by atomic mass is 9.78. The zero-order chi connectivity index (χ0) is 12.2. The van der Waals surface area contributed by atoms with Crippen LogP contribution in [-0.4, -0.2) is 50.1 Å². The monoisotopic (exact) mass is 254 g/mol. The molecule has 0 saturated carbocycles. The molecular formula is C9H16F2N2O2S. The first kappa shape index (κ1) is 12.2. The van der Waals surface area contributed by atoms with Gasteiger partial charge < -0.3 is 5.32 Å². The third-order valence-electron chi connectivity index (χ3n) is 3.51. The predicted octanol–water partition coefficient (Wildman–Crippen LogP) is 0.265. The normalized spacial score (nSPS) is 28.6. The molecule has 7 heteroatoms. The Hall–Kier alpha value is -0.270. The van der Waals surface area contributed by atoms with E-state index >= 15 is 0 Å². The number of hydrogen-bond donors (Lipinski definition) is 1. The van der Waals surface area contributed by atoms with Gasteiger partial charge in [-0.05, 0) is 13.8 Å². The van der Waals surface area contributed by atoms with E-state index in [4.69, 9.17) is 0 Å². The van der Waals surface area contributed by atoms with Crippen LogP contribution in [-0.2, 0) is 10.0 Å². The second-order valence-electron chi connectivity index (χ2n) is 4.95. The fraction of sp³-hybridized carbons (Fsp3) is 1.00. The van der Waals surface area contributed by atoms with Crippen molar-refractivity contribution < 1.29 is 17.2 Å². The lowest BCUT2D eigenvalue weighted by Gasteiger charge is -2.42. The van der Waals surface area contributed by atoms with Crippen molar-refractivity contribution in [2.24, 2.45) is 5.41 Å². The summed E-state index contributed by atoms with van der Waals surface area (Å²) < 4.78 is 52.1. The van der Waals surface area contributed by atoms with Crippen LogP contribution in [0.1, 0.15) is 13.8 Å². The van der Waals surface area contributed by atoms with Gasteiger partial charge in [0.05, 0.1) is 17.2 Å². The van der Waals surface area contributed by atoms with Gasteiger partial charge in [-0.15, -0.1) is 0 Å². The highest BCUT2D eigenvalue weighted by Gasteiger charge is 2.65. The van der Waals surface area contributed by atoms with Crippen LogP contribution in [0.3, 0.4) is 0 Å². The highest BCUT2D eigenvalue weighted by atomic mass is 32.2. The topological polar surface area (TPSA) is 49.4 Å². The van der Waals surface area contributed by atoms with Crippen LogP contribution in [0.15, 0.2) is 0 Å². The molecular weight excluding hydrogens is 238 g/mol. The molecule has 2 heterocycles. The van der Waals surface area contributed by atoms with Gasteiger partial charge in [0.2, 0.25) is 10.0 Å². The average molecular weight is 254 g/mol. The van der Waals surface area contributed by atoms with Gasteiger partial charge in [0.15, 0.2) is 0 Å². The summed E-state index contributed by atoms with van der Waals surface area (Å²) in [6, 6.07) is 0. The Morgan fingerprint density at radius 1 is 1.25 bits per heavy atom. The summed E-state index contributed by atoms with van der Waals surface area (Å²) in [6.45, 7) is 2.69. The largest absolute Gasteiger partial charge is 0.315 e. The first-order chi connectivity index (χ1) is 7.21. The third-order valence-corrected chi connectivity index (χ3v) is 5.68. The predicted molar refractivity (Wildman–Crippen MR) is 55.9 cm³/mol. The van der Waals surface area contributed by atoms with Gasteiger partial charge >= 0.3 is 0 Å². The minimum Gasteiger partial charge on any atom is -0.315 e. The molecule has 0 aliphatic carbocycles. The van der Waals surface area contributed by atoms with Gasteiger partial charge in [-0.2, -0.15) is 4.31 Å². The maximum absolute atomic E-state index is 13.7.